The highest BCUT2D eigenvalue weighted by Crippen LogP contribution is 2.22. The lowest BCUT2D eigenvalue weighted by molar-refractivity contribution is 0.0950. The van der Waals surface area contributed by atoms with Gasteiger partial charge in [-0.05, 0) is 42.5 Å². The summed E-state index contributed by atoms with van der Waals surface area (Å²) < 4.78 is 5.88. The fourth-order valence-corrected chi connectivity index (χ4v) is 3.41. The standard InChI is InChI=1S/C24H22N2O2/c27-24(26-25-22-15-8-12-19-11-4-5-13-20(19)22)21-14-6-7-16-23(21)28-17-18-9-2-1-3-10-18/h1-7,9-11,13-14,16H,8,12,15,17H2,(H,26,27). The minimum absolute atomic E-state index is 0.265. The Bertz CT molecular complexity index is 996. The number of nitrogens with zero attached hydrogens (tertiary/aromatic N) is 1. The van der Waals surface area contributed by atoms with Crippen LogP contribution in [0, 0.1) is 0 Å². The molecule has 0 aromatic heterocycles. The largest absolute Gasteiger partial charge is 0.488 e. The lowest BCUT2D eigenvalue weighted by Gasteiger charge is -2.17. The number of hydrogen-bond acceptors (Lipinski definition) is 3. The number of rotatable bonds is 5. The molecule has 0 saturated heterocycles. The molecule has 1 aliphatic rings. The summed E-state index contributed by atoms with van der Waals surface area (Å²) in [4.78, 5) is 12.7. The van der Waals surface area contributed by atoms with Gasteiger partial charge in [0.15, 0.2) is 0 Å². The quantitative estimate of drug-likeness (QED) is 0.660. The summed E-state index contributed by atoms with van der Waals surface area (Å²) in [7, 11) is 0. The van der Waals surface area contributed by atoms with E-state index < -0.39 is 0 Å². The molecule has 0 radical (unpaired) electrons. The molecule has 3 aromatic rings. The van der Waals surface area contributed by atoms with Crippen molar-refractivity contribution < 1.29 is 9.53 Å². The first kappa shape index (κ1) is 18.0. The minimum atomic E-state index is -0.265. The molecule has 4 rings (SSSR count). The van der Waals surface area contributed by atoms with Crippen LogP contribution in [-0.4, -0.2) is 11.6 Å². The van der Waals surface area contributed by atoms with Crippen LogP contribution in [0.25, 0.3) is 0 Å². The minimum Gasteiger partial charge on any atom is -0.488 e. The van der Waals surface area contributed by atoms with E-state index in [2.05, 4.69) is 22.7 Å². The zero-order valence-corrected chi connectivity index (χ0v) is 15.6. The van der Waals surface area contributed by atoms with Crippen LogP contribution >= 0.6 is 0 Å². The van der Waals surface area contributed by atoms with Crippen molar-refractivity contribution in [3.05, 3.63) is 101 Å². The summed E-state index contributed by atoms with van der Waals surface area (Å²) in [5.41, 5.74) is 7.59. The second-order valence-corrected chi connectivity index (χ2v) is 6.78. The maximum atomic E-state index is 12.7. The van der Waals surface area contributed by atoms with Gasteiger partial charge < -0.3 is 4.74 Å². The highest BCUT2D eigenvalue weighted by Gasteiger charge is 2.16. The van der Waals surface area contributed by atoms with E-state index in [0.717, 1.165) is 36.1 Å². The first-order chi connectivity index (χ1) is 13.8. The summed E-state index contributed by atoms with van der Waals surface area (Å²) in [6.45, 7) is 0.410. The lowest BCUT2D eigenvalue weighted by Crippen LogP contribution is -2.22. The number of aryl methyl sites for hydroxylation is 1. The third-order valence-corrected chi connectivity index (χ3v) is 4.85. The number of ether oxygens (including phenoxy) is 1. The van der Waals surface area contributed by atoms with Gasteiger partial charge in [-0.2, -0.15) is 5.10 Å². The van der Waals surface area contributed by atoms with E-state index in [1.807, 2.05) is 54.6 Å². The van der Waals surface area contributed by atoms with E-state index in [1.165, 1.54) is 5.56 Å². The predicted octanol–water partition coefficient (Wildman–Crippen LogP) is 4.74. The Morgan fingerprint density at radius 3 is 2.54 bits per heavy atom. The average molecular weight is 370 g/mol. The normalized spacial score (nSPS) is 14.4. The van der Waals surface area contributed by atoms with Crippen molar-refractivity contribution in [3.63, 3.8) is 0 Å². The van der Waals surface area contributed by atoms with Crippen molar-refractivity contribution in [3.8, 4) is 5.75 Å². The molecule has 1 aliphatic carbocycles. The SMILES string of the molecule is O=C(NN=C1CCCc2ccccc21)c1ccccc1OCc1ccccc1. The number of nitrogens with one attached hydrogen (secondary N) is 1. The molecular formula is C24H22N2O2. The van der Waals surface area contributed by atoms with E-state index >= 15 is 0 Å². The Hall–Kier alpha value is -3.40. The number of fused-ring (bicyclic) bond motifs is 1. The smallest absolute Gasteiger partial charge is 0.275 e. The second-order valence-electron chi connectivity index (χ2n) is 6.78. The van der Waals surface area contributed by atoms with Crippen molar-refractivity contribution >= 4 is 11.6 Å². The van der Waals surface area contributed by atoms with Gasteiger partial charge in [0, 0.05) is 5.56 Å². The molecule has 3 aromatic carbocycles. The van der Waals surface area contributed by atoms with Gasteiger partial charge in [-0.3, -0.25) is 4.79 Å². The number of benzene rings is 3. The van der Waals surface area contributed by atoms with Gasteiger partial charge in [-0.15, -0.1) is 0 Å². The second kappa shape index (κ2) is 8.53. The number of para-hydroxylation sites is 1. The molecule has 0 heterocycles. The maximum Gasteiger partial charge on any atom is 0.275 e. The monoisotopic (exact) mass is 370 g/mol. The molecule has 28 heavy (non-hydrogen) atoms. The summed E-state index contributed by atoms with van der Waals surface area (Å²) >= 11 is 0. The first-order valence-corrected chi connectivity index (χ1v) is 9.52. The Balaban J connectivity index is 1.49. The van der Waals surface area contributed by atoms with E-state index in [9.17, 15) is 4.79 Å². The topological polar surface area (TPSA) is 50.7 Å². The third kappa shape index (κ3) is 4.12. The van der Waals surface area contributed by atoms with E-state index in [1.54, 1.807) is 12.1 Å². The summed E-state index contributed by atoms with van der Waals surface area (Å²) in [5.74, 6) is 0.285. The van der Waals surface area contributed by atoms with Crippen LogP contribution in [0.2, 0.25) is 0 Å². The van der Waals surface area contributed by atoms with Gasteiger partial charge in [0.2, 0.25) is 0 Å². The van der Waals surface area contributed by atoms with E-state index in [4.69, 9.17) is 4.74 Å². The van der Waals surface area contributed by atoms with Crippen molar-refractivity contribution in [2.75, 3.05) is 0 Å². The molecule has 0 bridgehead atoms. The Morgan fingerprint density at radius 2 is 1.64 bits per heavy atom. The Labute approximate surface area is 164 Å². The molecule has 0 aliphatic heterocycles. The molecule has 4 heteroatoms. The predicted molar refractivity (Wildman–Crippen MR) is 111 cm³/mol. The number of carbonyl (C=O) groups is 1. The lowest BCUT2D eigenvalue weighted by atomic mass is 9.90. The number of carbonyl (C=O) groups excluding carboxylic acids is 1. The molecule has 0 atom stereocenters. The first-order valence-electron chi connectivity index (χ1n) is 9.52. The van der Waals surface area contributed by atoms with Crippen LogP contribution in [0.3, 0.4) is 0 Å². The molecule has 1 N–H and O–H groups in total. The summed E-state index contributed by atoms with van der Waals surface area (Å²) in [6, 6.07) is 25.4. The summed E-state index contributed by atoms with van der Waals surface area (Å²) in [6.07, 6.45) is 2.96. The zero-order chi connectivity index (χ0) is 19.2. The van der Waals surface area contributed by atoms with Crippen LogP contribution in [0.4, 0.5) is 0 Å². The van der Waals surface area contributed by atoms with Crippen molar-refractivity contribution in [2.45, 2.75) is 25.9 Å². The highest BCUT2D eigenvalue weighted by molar-refractivity contribution is 6.04. The molecule has 0 saturated carbocycles. The Morgan fingerprint density at radius 1 is 0.893 bits per heavy atom. The van der Waals surface area contributed by atoms with E-state index in [-0.39, 0.29) is 5.91 Å². The fourth-order valence-electron chi connectivity index (χ4n) is 3.41. The average Bonchev–Trinajstić information content (AvgIpc) is 2.77. The molecule has 4 nitrogen and oxygen atoms in total. The number of hydrogen-bond donors (Lipinski definition) is 1. The molecule has 0 unspecified atom stereocenters. The van der Waals surface area contributed by atoms with Crippen LogP contribution < -0.4 is 10.2 Å². The number of hydrazone groups is 1. The van der Waals surface area contributed by atoms with Gasteiger partial charge in [-0.1, -0.05) is 66.7 Å². The molecule has 0 fully saturated rings. The maximum absolute atomic E-state index is 12.7. The molecular weight excluding hydrogens is 348 g/mol. The van der Waals surface area contributed by atoms with Gasteiger partial charge in [0.05, 0.1) is 11.3 Å². The van der Waals surface area contributed by atoms with Crippen molar-refractivity contribution in [1.29, 1.82) is 0 Å². The fraction of sp³-hybridized carbons (Fsp3) is 0.167. The van der Waals surface area contributed by atoms with Crippen molar-refractivity contribution in [2.24, 2.45) is 5.10 Å². The van der Waals surface area contributed by atoms with Crippen LogP contribution in [0.1, 0.15) is 39.9 Å². The van der Waals surface area contributed by atoms with Crippen molar-refractivity contribution in [1.82, 2.24) is 5.43 Å². The summed E-state index contributed by atoms with van der Waals surface area (Å²) in [5, 5.41) is 4.42. The van der Waals surface area contributed by atoms with Crippen LogP contribution in [-0.2, 0) is 13.0 Å². The van der Waals surface area contributed by atoms with Gasteiger partial charge in [0.1, 0.15) is 12.4 Å². The zero-order valence-electron chi connectivity index (χ0n) is 15.6. The van der Waals surface area contributed by atoms with Gasteiger partial charge in [0.25, 0.3) is 5.91 Å². The van der Waals surface area contributed by atoms with Gasteiger partial charge in [-0.25, -0.2) is 5.43 Å². The van der Waals surface area contributed by atoms with Crippen LogP contribution in [0.15, 0.2) is 84.0 Å². The molecule has 1 amide bonds. The molecule has 140 valence electrons. The van der Waals surface area contributed by atoms with E-state index in [0.29, 0.717) is 17.9 Å². The number of amides is 1. The van der Waals surface area contributed by atoms with Gasteiger partial charge >= 0.3 is 0 Å². The third-order valence-electron chi connectivity index (χ3n) is 4.85. The highest BCUT2D eigenvalue weighted by atomic mass is 16.5. The Kier molecular flexibility index (Phi) is 5.48. The van der Waals surface area contributed by atoms with Crippen LogP contribution in [0.5, 0.6) is 5.75 Å². The molecule has 0 spiro atoms.